The van der Waals surface area contributed by atoms with Crippen LogP contribution in [0.3, 0.4) is 0 Å². The molecule has 0 aromatic carbocycles. The maximum atomic E-state index is 5.53. The molecule has 1 heterocycles. The first-order valence-electron chi connectivity index (χ1n) is 5.04. The Balaban J connectivity index is 2.25. The molecular formula is C10H19BO2. The highest BCUT2D eigenvalue weighted by molar-refractivity contribution is 6.50. The van der Waals surface area contributed by atoms with Gasteiger partial charge in [0.25, 0.3) is 0 Å². The molecule has 0 atom stereocenters. The van der Waals surface area contributed by atoms with Crippen molar-refractivity contribution in [3.63, 3.8) is 0 Å². The maximum absolute atomic E-state index is 5.53. The zero-order valence-electron chi connectivity index (χ0n) is 8.88. The summed E-state index contributed by atoms with van der Waals surface area (Å²) < 4.78 is 11.1. The minimum atomic E-state index is -0.112. The van der Waals surface area contributed by atoms with Gasteiger partial charge in [-0.25, -0.2) is 0 Å². The molecule has 0 radical (unpaired) electrons. The topological polar surface area (TPSA) is 18.5 Å². The molecule has 0 amide bonds. The summed E-state index contributed by atoms with van der Waals surface area (Å²) in [4.78, 5) is 0. The molecule has 1 saturated heterocycles. The second kappa shape index (κ2) is 4.82. The van der Waals surface area contributed by atoms with Crippen LogP contribution < -0.4 is 0 Å². The molecule has 0 aromatic rings. The predicted molar refractivity (Wildman–Crippen MR) is 55.5 cm³/mol. The van der Waals surface area contributed by atoms with E-state index < -0.39 is 0 Å². The van der Waals surface area contributed by atoms with Gasteiger partial charge in [-0.15, -0.1) is 0 Å². The van der Waals surface area contributed by atoms with Crippen LogP contribution in [0.25, 0.3) is 0 Å². The van der Waals surface area contributed by atoms with E-state index in [2.05, 4.69) is 26.8 Å². The minimum absolute atomic E-state index is 0.112. The van der Waals surface area contributed by atoms with Crippen LogP contribution in [-0.4, -0.2) is 20.3 Å². The molecule has 0 spiro atoms. The van der Waals surface area contributed by atoms with Gasteiger partial charge in [-0.05, 0) is 6.42 Å². The molecule has 13 heavy (non-hydrogen) atoms. The lowest BCUT2D eigenvalue weighted by atomic mass is 9.83. The van der Waals surface area contributed by atoms with Gasteiger partial charge in [-0.1, -0.05) is 39.2 Å². The molecule has 0 saturated carbocycles. The molecule has 3 heteroatoms. The largest absolute Gasteiger partial charge is 0.485 e. The van der Waals surface area contributed by atoms with Crippen molar-refractivity contribution in [3.05, 3.63) is 12.1 Å². The molecule has 0 bridgehead atoms. The first-order valence-corrected chi connectivity index (χ1v) is 5.04. The van der Waals surface area contributed by atoms with Gasteiger partial charge in [0.2, 0.25) is 0 Å². The molecule has 1 aliphatic heterocycles. The average molecular weight is 182 g/mol. The first kappa shape index (κ1) is 10.8. The Morgan fingerprint density at radius 3 is 2.46 bits per heavy atom. The Kier molecular flexibility index (Phi) is 4.01. The Hall–Kier alpha value is -0.275. The average Bonchev–Trinajstić information content (AvgIpc) is 2.08. The summed E-state index contributed by atoms with van der Waals surface area (Å²) in [6, 6.07) is 0. The minimum Gasteiger partial charge on any atom is -0.407 e. The summed E-state index contributed by atoms with van der Waals surface area (Å²) >= 11 is 0. The van der Waals surface area contributed by atoms with Crippen LogP contribution in [0.15, 0.2) is 12.1 Å². The van der Waals surface area contributed by atoms with E-state index in [4.69, 9.17) is 9.31 Å². The highest BCUT2D eigenvalue weighted by Gasteiger charge is 2.29. The van der Waals surface area contributed by atoms with Crippen LogP contribution >= 0.6 is 0 Å². The van der Waals surface area contributed by atoms with Gasteiger partial charge in [0, 0.05) is 18.6 Å². The highest BCUT2D eigenvalue weighted by atomic mass is 16.6. The van der Waals surface area contributed by atoms with Crippen molar-refractivity contribution in [1.29, 1.82) is 0 Å². The molecule has 0 N–H and O–H groups in total. The van der Waals surface area contributed by atoms with Crippen molar-refractivity contribution in [2.24, 2.45) is 5.41 Å². The van der Waals surface area contributed by atoms with E-state index in [0.717, 1.165) is 19.6 Å². The fourth-order valence-electron chi connectivity index (χ4n) is 1.19. The van der Waals surface area contributed by atoms with E-state index in [1.165, 1.54) is 6.42 Å². The summed E-state index contributed by atoms with van der Waals surface area (Å²) in [5.74, 6) is 2.01. The van der Waals surface area contributed by atoms with Gasteiger partial charge >= 0.3 is 7.12 Å². The summed E-state index contributed by atoms with van der Waals surface area (Å²) in [5.41, 5.74) is 0.176. The lowest BCUT2D eigenvalue weighted by molar-refractivity contribution is 0.0336. The number of hydrogen-bond acceptors (Lipinski definition) is 2. The molecule has 1 rings (SSSR count). The third kappa shape index (κ3) is 3.96. The van der Waals surface area contributed by atoms with E-state index in [1.807, 2.05) is 5.98 Å². The normalized spacial score (nSPS) is 22.5. The van der Waals surface area contributed by atoms with Gasteiger partial charge in [-0.3, -0.25) is 0 Å². The van der Waals surface area contributed by atoms with Crippen LogP contribution in [0.4, 0.5) is 0 Å². The van der Waals surface area contributed by atoms with E-state index in [9.17, 15) is 0 Å². The van der Waals surface area contributed by atoms with Crippen LogP contribution in [0, 0.1) is 5.41 Å². The van der Waals surface area contributed by atoms with Crippen molar-refractivity contribution in [1.82, 2.24) is 0 Å². The van der Waals surface area contributed by atoms with E-state index in [-0.39, 0.29) is 12.5 Å². The lowest BCUT2D eigenvalue weighted by Gasteiger charge is -2.31. The molecular weight excluding hydrogens is 163 g/mol. The van der Waals surface area contributed by atoms with Crippen LogP contribution in [0.1, 0.15) is 33.6 Å². The second-order valence-corrected chi connectivity index (χ2v) is 4.37. The Morgan fingerprint density at radius 1 is 1.31 bits per heavy atom. The van der Waals surface area contributed by atoms with E-state index >= 15 is 0 Å². The van der Waals surface area contributed by atoms with Crippen molar-refractivity contribution < 1.29 is 9.31 Å². The SMILES string of the molecule is CCC/C=C/B1OCC(C)(C)CO1. The van der Waals surface area contributed by atoms with E-state index in [0.29, 0.717) is 0 Å². The Bertz CT molecular complexity index is 168. The fraction of sp³-hybridized carbons (Fsp3) is 0.800. The molecule has 1 aliphatic rings. The van der Waals surface area contributed by atoms with Crippen LogP contribution in [0.2, 0.25) is 0 Å². The Morgan fingerprint density at radius 2 is 1.92 bits per heavy atom. The second-order valence-electron chi connectivity index (χ2n) is 4.37. The molecule has 2 nitrogen and oxygen atoms in total. The zero-order chi connectivity index (χ0) is 9.73. The van der Waals surface area contributed by atoms with Gasteiger partial charge in [0.15, 0.2) is 0 Å². The monoisotopic (exact) mass is 182 g/mol. The number of unbranched alkanes of at least 4 members (excludes halogenated alkanes) is 1. The number of hydrogen-bond donors (Lipinski definition) is 0. The van der Waals surface area contributed by atoms with Gasteiger partial charge in [-0.2, -0.15) is 0 Å². The molecule has 0 aromatic heterocycles. The standard InChI is InChI=1S/C10H19BO2/c1-4-5-6-7-11-12-8-10(2,3)9-13-11/h6-7H,4-5,8-9H2,1-3H3/b7-6+. The maximum Gasteiger partial charge on any atom is 0.485 e. The highest BCUT2D eigenvalue weighted by Crippen LogP contribution is 2.21. The summed E-state index contributed by atoms with van der Waals surface area (Å²) in [6.07, 6.45) is 4.41. The smallest absolute Gasteiger partial charge is 0.407 e. The third-order valence-electron chi connectivity index (χ3n) is 2.03. The molecule has 74 valence electrons. The van der Waals surface area contributed by atoms with E-state index in [1.54, 1.807) is 0 Å². The zero-order valence-corrected chi connectivity index (χ0v) is 8.88. The lowest BCUT2D eigenvalue weighted by Crippen LogP contribution is -2.39. The quantitative estimate of drug-likeness (QED) is 0.624. The molecule has 0 aliphatic carbocycles. The van der Waals surface area contributed by atoms with Gasteiger partial charge in [0.1, 0.15) is 0 Å². The van der Waals surface area contributed by atoms with Gasteiger partial charge in [0.05, 0.1) is 0 Å². The number of allylic oxidation sites excluding steroid dienone is 1. The van der Waals surface area contributed by atoms with Crippen LogP contribution in [0.5, 0.6) is 0 Å². The fourth-order valence-corrected chi connectivity index (χ4v) is 1.19. The van der Waals surface area contributed by atoms with Crippen molar-refractivity contribution >= 4 is 7.12 Å². The summed E-state index contributed by atoms with van der Waals surface area (Å²) in [6.45, 7) is 8.04. The predicted octanol–water partition coefficient (Wildman–Crippen LogP) is 2.44. The van der Waals surface area contributed by atoms with Crippen molar-refractivity contribution in [2.75, 3.05) is 13.2 Å². The van der Waals surface area contributed by atoms with Crippen molar-refractivity contribution in [2.45, 2.75) is 33.6 Å². The Labute approximate surface area is 81.4 Å². The summed E-state index contributed by atoms with van der Waals surface area (Å²) in [5, 5.41) is 0. The third-order valence-corrected chi connectivity index (χ3v) is 2.03. The summed E-state index contributed by atoms with van der Waals surface area (Å²) in [7, 11) is -0.112. The van der Waals surface area contributed by atoms with Crippen molar-refractivity contribution in [3.8, 4) is 0 Å². The van der Waals surface area contributed by atoms with Crippen LogP contribution in [-0.2, 0) is 9.31 Å². The molecule has 0 unspecified atom stereocenters. The molecule has 1 fully saturated rings. The number of rotatable bonds is 3. The van der Waals surface area contributed by atoms with Gasteiger partial charge < -0.3 is 9.31 Å². The first-order chi connectivity index (χ1) is 6.14.